The Labute approximate surface area is 115 Å². The molecule has 0 aromatic heterocycles. The number of nitrogens with zero attached hydrogens (tertiary/aromatic N) is 2. The van der Waals surface area contributed by atoms with Gasteiger partial charge >= 0.3 is 0 Å². The van der Waals surface area contributed by atoms with Crippen LogP contribution in [0.15, 0.2) is 24.3 Å². The Hall–Kier alpha value is -1.35. The Bertz CT molecular complexity index is 472. The summed E-state index contributed by atoms with van der Waals surface area (Å²) < 4.78 is 0. The second kappa shape index (κ2) is 5.33. The van der Waals surface area contributed by atoms with Crippen molar-refractivity contribution in [1.29, 1.82) is 0 Å². The third kappa shape index (κ3) is 2.52. The number of likely N-dealkylation sites (tertiary alicyclic amines) is 1. The molecule has 3 heteroatoms. The molecule has 1 aromatic rings. The number of hydrogen-bond acceptors (Lipinski definition) is 2. The minimum absolute atomic E-state index is 0.326. The normalized spacial score (nSPS) is 23.7. The average molecular weight is 258 g/mol. The molecular weight excluding hydrogens is 236 g/mol. The van der Waals surface area contributed by atoms with Gasteiger partial charge in [0.05, 0.1) is 6.67 Å². The first-order valence-corrected chi connectivity index (χ1v) is 7.36. The van der Waals surface area contributed by atoms with E-state index in [0.29, 0.717) is 11.8 Å². The van der Waals surface area contributed by atoms with Crippen LogP contribution in [0.1, 0.15) is 43.2 Å². The number of hydrogen-bond donors (Lipinski definition) is 0. The molecule has 3 nitrogen and oxygen atoms in total. The maximum atomic E-state index is 11.7. The summed E-state index contributed by atoms with van der Waals surface area (Å²) in [6, 6.07) is 8.76. The van der Waals surface area contributed by atoms with Gasteiger partial charge in [0.1, 0.15) is 0 Å². The lowest BCUT2D eigenvalue weighted by atomic mass is 9.88. The average Bonchev–Trinajstić information content (AvgIpc) is 2.83. The molecule has 0 N–H and O–H groups in total. The summed E-state index contributed by atoms with van der Waals surface area (Å²) in [5.74, 6) is 0.939. The highest BCUT2D eigenvalue weighted by atomic mass is 16.2. The molecule has 1 aromatic carbocycles. The second-order valence-electron chi connectivity index (χ2n) is 5.72. The van der Waals surface area contributed by atoms with Crippen LogP contribution in [0.2, 0.25) is 0 Å². The van der Waals surface area contributed by atoms with Gasteiger partial charge in [0.15, 0.2) is 0 Å². The highest BCUT2D eigenvalue weighted by Crippen LogP contribution is 2.30. The molecule has 1 unspecified atom stereocenters. The van der Waals surface area contributed by atoms with E-state index in [4.69, 9.17) is 0 Å². The molecule has 2 aliphatic rings. The van der Waals surface area contributed by atoms with Crippen LogP contribution in [0.4, 0.5) is 0 Å². The van der Waals surface area contributed by atoms with Crippen molar-refractivity contribution in [2.24, 2.45) is 0 Å². The van der Waals surface area contributed by atoms with Gasteiger partial charge in [-0.25, -0.2) is 0 Å². The lowest BCUT2D eigenvalue weighted by molar-refractivity contribution is -0.129. The quantitative estimate of drug-likeness (QED) is 0.832. The smallest absolute Gasteiger partial charge is 0.223 e. The zero-order chi connectivity index (χ0) is 13.2. The van der Waals surface area contributed by atoms with Crippen LogP contribution in [-0.4, -0.2) is 35.5 Å². The summed E-state index contributed by atoms with van der Waals surface area (Å²) >= 11 is 0. The summed E-state index contributed by atoms with van der Waals surface area (Å²) in [4.78, 5) is 16.2. The SMILES string of the molecule is CCC1CN(CN2CCCC2=O)Cc2ccccc21. The molecule has 0 aliphatic carbocycles. The predicted octanol–water partition coefficient (Wildman–Crippen LogP) is 2.58. The topological polar surface area (TPSA) is 23.6 Å². The van der Waals surface area contributed by atoms with Crippen LogP contribution in [0, 0.1) is 0 Å². The second-order valence-corrected chi connectivity index (χ2v) is 5.72. The van der Waals surface area contributed by atoms with Crippen molar-refractivity contribution in [3.63, 3.8) is 0 Å². The maximum Gasteiger partial charge on any atom is 0.223 e. The Kier molecular flexibility index (Phi) is 3.56. The van der Waals surface area contributed by atoms with E-state index >= 15 is 0 Å². The van der Waals surface area contributed by atoms with E-state index in [1.165, 1.54) is 17.5 Å². The predicted molar refractivity (Wildman–Crippen MR) is 75.7 cm³/mol. The molecule has 1 fully saturated rings. The molecule has 2 aliphatic heterocycles. The Balaban J connectivity index is 1.74. The monoisotopic (exact) mass is 258 g/mol. The fourth-order valence-corrected chi connectivity index (χ4v) is 3.34. The molecule has 1 saturated heterocycles. The molecule has 0 radical (unpaired) electrons. The number of carbonyl (C=O) groups excluding carboxylic acids is 1. The largest absolute Gasteiger partial charge is 0.330 e. The van der Waals surface area contributed by atoms with Gasteiger partial charge in [-0.1, -0.05) is 31.2 Å². The highest BCUT2D eigenvalue weighted by Gasteiger charge is 2.27. The number of carbonyl (C=O) groups is 1. The Morgan fingerprint density at radius 1 is 1.32 bits per heavy atom. The van der Waals surface area contributed by atoms with Gasteiger partial charge in [0.25, 0.3) is 0 Å². The Morgan fingerprint density at radius 3 is 2.89 bits per heavy atom. The van der Waals surface area contributed by atoms with E-state index in [1.54, 1.807) is 0 Å². The molecule has 1 atom stereocenters. The van der Waals surface area contributed by atoms with E-state index in [2.05, 4.69) is 36.1 Å². The molecule has 0 bridgehead atoms. The van der Waals surface area contributed by atoms with Gasteiger partial charge in [-0.15, -0.1) is 0 Å². The van der Waals surface area contributed by atoms with Gasteiger partial charge in [0, 0.05) is 26.1 Å². The minimum Gasteiger partial charge on any atom is -0.330 e. The summed E-state index contributed by atoms with van der Waals surface area (Å²) in [5, 5.41) is 0. The van der Waals surface area contributed by atoms with Crippen LogP contribution in [-0.2, 0) is 11.3 Å². The molecule has 2 heterocycles. The Morgan fingerprint density at radius 2 is 2.16 bits per heavy atom. The standard InChI is InChI=1S/C16H22N2O/c1-2-13-10-17(12-18-9-5-8-16(18)19)11-14-6-3-4-7-15(13)14/h3-4,6-7,13H,2,5,8-12H2,1H3. The lowest BCUT2D eigenvalue weighted by Crippen LogP contribution is -2.42. The number of rotatable bonds is 3. The maximum absolute atomic E-state index is 11.7. The highest BCUT2D eigenvalue weighted by molar-refractivity contribution is 5.77. The molecule has 102 valence electrons. The van der Waals surface area contributed by atoms with E-state index in [1.807, 2.05) is 4.90 Å². The summed E-state index contributed by atoms with van der Waals surface area (Å²) in [5.41, 5.74) is 2.95. The summed E-state index contributed by atoms with van der Waals surface area (Å²) in [7, 11) is 0. The van der Waals surface area contributed by atoms with Crippen molar-refractivity contribution < 1.29 is 4.79 Å². The van der Waals surface area contributed by atoms with Crippen molar-refractivity contribution in [2.45, 2.75) is 38.6 Å². The first-order valence-electron chi connectivity index (χ1n) is 7.36. The van der Waals surface area contributed by atoms with Crippen LogP contribution >= 0.6 is 0 Å². The number of fused-ring (bicyclic) bond motifs is 1. The summed E-state index contributed by atoms with van der Waals surface area (Å²) in [6.45, 7) is 6.07. The van der Waals surface area contributed by atoms with Crippen molar-refractivity contribution in [3.05, 3.63) is 35.4 Å². The van der Waals surface area contributed by atoms with Crippen molar-refractivity contribution in [2.75, 3.05) is 19.8 Å². The molecule has 0 spiro atoms. The van der Waals surface area contributed by atoms with Gasteiger partial charge in [-0.05, 0) is 29.9 Å². The van der Waals surface area contributed by atoms with Crippen molar-refractivity contribution >= 4 is 5.91 Å². The van der Waals surface area contributed by atoms with Gasteiger partial charge in [-0.3, -0.25) is 9.69 Å². The van der Waals surface area contributed by atoms with Crippen LogP contribution in [0.5, 0.6) is 0 Å². The van der Waals surface area contributed by atoms with Gasteiger partial charge < -0.3 is 4.90 Å². The van der Waals surface area contributed by atoms with Crippen molar-refractivity contribution in [1.82, 2.24) is 9.80 Å². The van der Waals surface area contributed by atoms with Crippen LogP contribution < -0.4 is 0 Å². The summed E-state index contributed by atoms with van der Waals surface area (Å²) in [6.07, 6.45) is 2.93. The fourth-order valence-electron chi connectivity index (χ4n) is 3.34. The first-order chi connectivity index (χ1) is 9.28. The van der Waals surface area contributed by atoms with Gasteiger partial charge in [-0.2, -0.15) is 0 Å². The van der Waals surface area contributed by atoms with E-state index in [9.17, 15) is 4.79 Å². The van der Waals surface area contributed by atoms with Gasteiger partial charge in [0.2, 0.25) is 5.91 Å². The third-order valence-electron chi connectivity index (χ3n) is 4.40. The molecular formula is C16H22N2O. The fraction of sp³-hybridized carbons (Fsp3) is 0.562. The lowest BCUT2D eigenvalue weighted by Gasteiger charge is -2.36. The van der Waals surface area contributed by atoms with Crippen LogP contribution in [0.25, 0.3) is 0 Å². The first kappa shape index (κ1) is 12.7. The van der Waals surface area contributed by atoms with E-state index in [-0.39, 0.29) is 0 Å². The zero-order valence-electron chi connectivity index (χ0n) is 11.6. The van der Waals surface area contributed by atoms with Crippen molar-refractivity contribution in [3.8, 4) is 0 Å². The molecule has 0 saturated carbocycles. The number of amides is 1. The minimum atomic E-state index is 0.326. The van der Waals surface area contributed by atoms with E-state index in [0.717, 1.165) is 39.1 Å². The molecule has 3 rings (SSSR count). The number of benzene rings is 1. The molecule has 19 heavy (non-hydrogen) atoms. The van der Waals surface area contributed by atoms with Crippen LogP contribution in [0.3, 0.4) is 0 Å². The van der Waals surface area contributed by atoms with E-state index < -0.39 is 0 Å². The zero-order valence-corrected chi connectivity index (χ0v) is 11.6. The molecule has 1 amide bonds. The third-order valence-corrected chi connectivity index (χ3v) is 4.40.